The third-order valence-electron chi connectivity index (χ3n) is 2.70. The predicted octanol–water partition coefficient (Wildman–Crippen LogP) is 2.88. The molecule has 0 aliphatic heterocycles. The van der Waals surface area contributed by atoms with E-state index in [-0.39, 0.29) is 0 Å². The summed E-state index contributed by atoms with van der Waals surface area (Å²) in [7, 11) is 0. The van der Waals surface area contributed by atoms with Crippen molar-refractivity contribution < 1.29 is 0 Å². The number of fused-ring (bicyclic) bond motifs is 1. The number of anilines is 1. The molecule has 2 heterocycles. The minimum Gasteiger partial charge on any atom is -0.397 e. The number of benzene rings is 1. The van der Waals surface area contributed by atoms with E-state index in [1.165, 1.54) is 0 Å². The molecule has 0 aliphatic carbocycles. The topological polar surface area (TPSA) is 51.8 Å². The molecule has 2 N–H and O–H groups in total. The summed E-state index contributed by atoms with van der Waals surface area (Å²) >= 11 is 0. The second-order valence-electron chi connectivity index (χ2n) is 3.89. The van der Waals surface area contributed by atoms with Gasteiger partial charge in [-0.1, -0.05) is 24.3 Å². The molecule has 0 aliphatic rings. The lowest BCUT2D eigenvalue weighted by Crippen LogP contribution is -1.89. The van der Waals surface area contributed by atoms with E-state index in [0.717, 1.165) is 22.0 Å². The number of hydrogen-bond acceptors (Lipinski definition) is 3. The molecule has 0 saturated carbocycles. The predicted molar refractivity (Wildman–Crippen MR) is 69.4 cm³/mol. The number of rotatable bonds is 1. The number of aromatic nitrogens is 2. The van der Waals surface area contributed by atoms with E-state index < -0.39 is 0 Å². The Kier molecular flexibility index (Phi) is 2.22. The fourth-order valence-corrected chi connectivity index (χ4v) is 1.94. The van der Waals surface area contributed by atoms with Crippen LogP contribution in [0.4, 0.5) is 5.69 Å². The monoisotopic (exact) mass is 221 g/mol. The number of nitrogen functional groups attached to an aromatic ring is 1. The molecule has 0 unspecified atom stereocenters. The molecule has 3 heteroatoms. The number of nitrogens with two attached hydrogens (primary N) is 1. The molecule has 3 rings (SSSR count). The van der Waals surface area contributed by atoms with Gasteiger partial charge in [0.05, 0.1) is 11.2 Å². The van der Waals surface area contributed by atoms with Crippen LogP contribution in [0, 0.1) is 0 Å². The molecule has 0 fully saturated rings. The van der Waals surface area contributed by atoms with Gasteiger partial charge < -0.3 is 5.73 Å². The maximum absolute atomic E-state index is 5.76. The smallest absolute Gasteiger partial charge is 0.0780 e. The fourth-order valence-electron chi connectivity index (χ4n) is 1.94. The zero-order chi connectivity index (χ0) is 11.7. The summed E-state index contributed by atoms with van der Waals surface area (Å²) in [6, 6.07) is 12.0. The van der Waals surface area contributed by atoms with E-state index in [4.69, 9.17) is 5.73 Å². The van der Waals surface area contributed by atoms with Crippen LogP contribution in [0.15, 0.2) is 55.0 Å². The summed E-state index contributed by atoms with van der Waals surface area (Å²) in [6.45, 7) is 0. The first-order chi connectivity index (χ1) is 8.34. The second-order valence-corrected chi connectivity index (χ2v) is 3.89. The molecule has 0 bridgehead atoms. The zero-order valence-electron chi connectivity index (χ0n) is 9.17. The van der Waals surface area contributed by atoms with Crippen LogP contribution in [-0.2, 0) is 0 Å². The molecule has 3 aromatic rings. The lowest BCUT2D eigenvalue weighted by molar-refractivity contribution is 1.33. The SMILES string of the molecule is Nc1cncc(-c2cccc3cccnc23)c1. The Hall–Kier alpha value is -2.42. The highest BCUT2D eigenvalue weighted by molar-refractivity contribution is 5.93. The van der Waals surface area contributed by atoms with Crippen LogP contribution in [0.25, 0.3) is 22.0 Å². The highest BCUT2D eigenvalue weighted by Gasteiger charge is 2.04. The van der Waals surface area contributed by atoms with E-state index in [9.17, 15) is 0 Å². The molecule has 1 aromatic carbocycles. The van der Waals surface area contributed by atoms with Crippen molar-refractivity contribution in [2.24, 2.45) is 0 Å². The Morgan fingerprint density at radius 1 is 1.00 bits per heavy atom. The van der Waals surface area contributed by atoms with Gasteiger partial charge in [0.2, 0.25) is 0 Å². The molecular weight excluding hydrogens is 210 g/mol. The van der Waals surface area contributed by atoms with Gasteiger partial charge in [-0.15, -0.1) is 0 Å². The van der Waals surface area contributed by atoms with E-state index in [0.29, 0.717) is 5.69 Å². The third-order valence-corrected chi connectivity index (χ3v) is 2.70. The number of hydrogen-bond donors (Lipinski definition) is 1. The molecular formula is C14H11N3. The normalized spacial score (nSPS) is 10.6. The van der Waals surface area contributed by atoms with Gasteiger partial charge in [0.15, 0.2) is 0 Å². The standard InChI is InChI=1S/C14H11N3/c15-12-7-11(8-16-9-12)13-5-1-3-10-4-2-6-17-14(10)13/h1-9H,15H2. The summed E-state index contributed by atoms with van der Waals surface area (Å²) in [5.74, 6) is 0. The van der Waals surface area contributed by atoms with Crippen molar-refractivity contribution in [3.63, 3.8) is 0 Å². The Bertz CT molecular complexity index is 672. The van der Waals surface area contributed by atoms with Crippen molar-refractivity contribution in [3.8, 4) is 11.1 Å². The van der Waals surface area contributed by atoms with Crippen LogP contribution in [-0.4, -0.2) is 9.97 Å². The minimum absolute atomic E-state index is 0.662. The minimum atomic E-state index is 0.662. The molecule has 3 nitrogen and oxygen atoms in total. The Labute approximate surface area is 98.9 Å². The first-order valence-electron chi connectivity index (χ1n) is 5.39. The van der Waals surface area contributed by atoms with Crippen molar-refractivity contribution in [1.82, 2.24) is 9.97 Å². The molecule has 0 saturated heterocycles. The number of para-hydroxylation sites is 1. The van der Waals surface area contributed by atoms with Crippen LogP contribution in [0.1, 0.15) is 0 Å². The van der Waals surface area contributed by atoms with E-state index in [1.807, 2.05) is 36.4 Å². The Morgan fingerprint density at radius 3 is 2.76 bits per heavy atom. The molecule has 2 aromatic heterocycles. The van der Waals surface area contributed by atoms with E-state index in [2.05, 4.69) is 9.97 Å². The van der Waals surface area contributed by atoms with Crippen LogP contribution in [0.5, 0.6) is 0 Å². The maximum atomic E-state index is 5.76. The molecule has 0 radical (unpaired) electrons. The number of pyridine rings is 2. The summed E-state index contributed by atoms with van der Waals surface area (Å²) in [5.41, 5.74) is 9.45. The Morgan fingerprint density at radius 2 is 1.88 bits per heavy atom. The summed E-state index contributed by atoms with van der Waals surface area (Å²) in [5, 5.41) is 1.12. The van der Waals surface area contributed by atoms with Crippen LogP contribution >= 0.6 is 0 Å². The summed E-state index contributed by atoms with van der Waals surface area (Å²) in [4.78, 5) is 8.53. The van der Waals surface area contributed by atoms with Crippen molar-refractivity contribution >= 4 is 16.6 Å². The molecule has 0 amide bonds. The van der Waals surface area contributed by atoms with Gasteiger partial charge in [0.1, 0.15) is 0 Å². The van der Waals surface area contributed by atoms with Gasteiger partial charge in [-0.25, -0.2) is 0 Å². The second kappa shape index (κ2) is 3.87. The van der Waals surface area contributed by atoms with Gasteiger partial charge in [0, 0.05) is 35.1 Å². The molecule has 17 heavy (non-hydrogen) atoms. The van der Waals surface area contributed by atoms with Crippen LogP contribution in [0.3, 0.4) is 0 Å². The molecule has 0 atom stereocenters. The number of nitrogens with zero attached hydrogens (tertiary/aromatic N) is 2. The first-order valence-corrected chi connectivity index (χ1v) is 5.39. The highest BCUT2D eigenvalue weighted by Crippen LogP contribution is 2.27. The largest absolute Gasteiger partial charge is 0.397 e. The van der Waals surface area contributed by atoms with Gasteiger partial charge >= 0.3 is 0 Å². The maximum Gasteiger partial charge on any atom is 0.0780 e. The Balaban J connectivity index is 2.30. The average molecular weight is 221 g/mol. The van der Waals surface area contributed by atoms with Crippen molar-refractivity contribution in [3.05, 3.63) is 55.0 Å². The lowest BCUT2D eigenvalue weighted by Gasteiger charge is -2.05. The van der Waals surface area contributed by atoms with Crippen molar-refractivity contribution in [2.45, 2.75) is 0 Å². The van der Waals surface area contributed by atoms with Crippen molar-refractivity contribution in [1.29, 1.82) is 0 Å². The van der Waals surface area contributed by atoms with Gasteiger partial charge in [0.25, 0.3) is 0 Å². The van der Waals surface area contributed by atoms with Gasteiger partial charge in [-0.3, -0.25) is 9.97 Å². The first kappa shape index (κ1) is 9.78. The molecule has 0 spiro atoms. The van der Waals surface area contributed by atoms with Gasteiger partial charge in [-0.2, -0.15) is 0 Å². The zero-order valence-corrected chi connectivity index (χ0v) is 9.17. The highest BCUT2D eigenvalue weighted by atomic mass is 14.7. The fraction of sp³-hybridized carbons (Fsp3) is 0. The lowest BCUT2D eigenvalue weighted by atomic mass is 10.0. The average Bonchev–Trinajstić information content (AvgIpc) is 2.38. The van der Waals surface area contributed by atoms with Crippen molar-refractivity contribution in [2.75, 3.05) is 5.73 Å². The molecule has 82 valence electrons. The van der Waals surface area contributed by atoms with E-state index >= 15 is 0 Å². The van der Waals surface area contributed by atoms with Crippen LogP contribution < -0.4 is 5.73 Å². The van der Waals surface area contributed by atoms with Gasteiger partial charge in [-0.05, 0) is 12.1 Å². The van der Waals surface area contributed by atoms with E-state index in [1.54, 1.807) is 18.6 Å². The quantitative estimate of drug-likeness (QED) is 0.687. The summed E-state index contributed by atoms with van der Waals surface area (Å²) in [6.07, 6.45) is 5.24. The summed E-state index contributed by atoms with van der Waals surface area (Å²) < 4.78 is 0. The van der Waals surface area contributed by atoms with Crippen LogP contribution in [0.2, 0.25) is 0 Å². The third kappa shape index (κ3) is 1.72.